The van der Waals surface area contributed by atoms with Crippen LogP contribution in [0.15, 0.2) is 48.5 Å². The maximum Gasteiger partial charge on any atom is 0.235 e. The molecule has 2 heterocycles. The Balaban J connectivity index is 1.88. The van der Waals surface area contributed by atoms with Crippen molar-refractivity contribution in [3.8, 4) is 22.0 Å². The average molecular weight is 331 g/mol. The van der Waals surface area contributed by atoms with Gasteiger partial charge >= 0.3 is 0 Å². The maximum absolute atomic E-state index is 13.4. The highest BCUT2D eigenvalue weighted by Gasteiger charge is 2.16. The predicted octanol–water partition coefficient (Wildman–Crippen LogP) is 4.31. The van der Waals surface area contributed by atoms with E-state index in [1.54, 1.807) is 16.6 Å². The summed E-state index contributed by atoms with van der Waals surface area (Å²) in [6.07, 6.45) is 0. The van der Waals surface area contributed by atoms with E-state index in [2.05, 4.69) is 15.3 Å². The third-order valence-electron chi connectivity index (χ3n) is 3.18. The molecule has 0 N–H and O–H groups in total. The van der Waals surface area contributed by atoms with Gasteiger partial charge in [-0.2, -0.15) is 9.61 Å². The Morgan fingerprint density at radius 1 is 1.05 bits per heavy atom. The number of aromatic nitrogens is 4. The van der Waals surface area contributed by atoms with Crippen molar-refractivity contribution < 1.29 is 4.39 Å². The summed E-state index contributed by atoms with van der Waals surface area (Å²) in [5, 5.41) is 14.0. The van der Waals surface area contributed by atoms with Crippen LogP contribution in [0.1, 0.15) is 0 Å². The lowest BCUT2D eigenvalue weighted by atomic mass is 10.2. The van der Waals surface area contributed by atoms with Crippen LogP contribution in [0.3, 0.4) is 0 Å². The van der Waals surface area contributed by atoms with Crippen LogP contribution >= 0.6 is 22.9 Å². The molecule has 0 saturated carbocycles. The van der Waals surface area contributed by atoms with E-state index < -0.39 is 0 Å². The molecule has 0 atom stereocenters. The average Bonchev–Trinajstić information content (AvgIpc) is 3.08. The quantitative estimate of drug-likeness (QED) is 0.550. The summed E-state index contributed by atoms with van der Waals surface area (Å²) >= 11 is 7.55. The van der Waals surface area contributed by atoms with Crippen molar-refractivity contribution in [1.29, 1.82) is 0 Å². The first-order valence-electron chi connectivity index (χ1n) is 6.45. The van der Waals surface area contributed by atoms with Crippen LogP contribution in [0.2, 0.25) is 5.02 Å². The molecule has 22 heavy (non-hydrogen) atoms. The van der Waals surface area contributed by atoms with Gasteiger partial charge in [0.1, 0.15) is 10.8 Å². The number of hydrogen-bond donors (Lipinski definition) is 0. The third-order valence-corrected chi connectivity index (χ3v) is 4.45. The number of benzene rings is 2. The van der Waals surface area contributed by atoms with Crippen molar-refractivity contribution in [2.45, 2.75) is 0 Å². The van der Waals surface area contributed by atoms with E-state index in [1.807, 2.05) is 24.3 Å². The molecule has 0 amide bonds. The molecule has 0 bridgehead atoms. The minimum atomic E-state index is -0.296. The first-order valence-corrected chi connectivity index (χ1v) is 7.65. The number of fused-ring (bicyclic) bond motifs is 1. The second-order valence-corrected chi connectivity index (χ2v) is 5.98. The van der Waals surface area contributed by atoms with E-state index in [0.717, 1.165) is 5.56 Å². The summed E-state index contributed by atoms with van der Waals surface area (Å²) in [6.45, 7) is 0. The van der Waals surface area contributed by atoms with Crippen molar-refractivity contribution in [1.82, 2.24) is 19.8 Å². The second-order valence-electron chi connectivity index (χ2n) is 4.62. The molecule has 0 unspecified atom stereocenters. The SMILES string of the molecule is Fc1cccc(-c2nn3c(-c4ccccc4Cl)nnc3s2)c1. The fourth-order valence-corrected chi connectivity index (χ4v) is 3.22. The summed E-state index contributed by atoms with van der Waals surface area (Å²) in [5.41, 5.74) is 1.47. The maximum atomic E-state index is 13.4. The zero-order valence-electron chi connectivity index (χ0n) is 11.1. The molecule has 4 nitrogen and oxygen atoms in total. The smallest absolute Gasteiger partial charge is 0.207 e. The van der Waals surface area contributed by atoms with E-state index in [1.165, 1.54) is 23.5 Å². The summed E-state index contributed by atoms with van der Waals surface area (Å²) in [5.74, 6) is 0.272. The van der Waals surface area contributed by atoms with E-state index in [0.29, 0.717) is 26.4 Å². The monoisotopic (exact) mass is 330 g/mol. The van der Waals surface area contributed by atoms with Gasteiger partial charge in [-0.25, -0.2) is 4.39 Å². The molecule has 2 aromatic heterocycles. The summed E-state index contributed by atoms with van der Waals surface area (Å²) < 4.78 is 15.0. The molecular formula is C15H8ClFN4S. The van der Waals surface area contributed by atoms with Crippen LogP contribution in [0.5, 0.6) is 0 Å². The van der Waals surface area contributed by atoms with Gasteiger partial charge in [0.25, 0.3) is 0 Å². The molecule has 108 valence electrons. The third kappa shape index (κ3) is 2.17. The summed E-state index contributed by atoms with van der Waals surface area (Å²) in [4.78, 5) is 0.634. The topological polar surface area (TPSA) is 43.1 Å². The van der Waals surface area contributed by atoms with Gasteiger partial charge in [-0.15, -0.1) is 10.2 Å². The van der Waals surface area contributed by atoms with Crippen LogP contribution in [0.4, 0.5) is 4.39 Å². The zero-order chi connectivity index (χ0) is 15.1. The standard InChI is InChI=1S/C15H8ClFN4S/c16-12-7-2-1-6-11(12)13-18-19-15-21(13)20-14(22-15)9-4-3-5-10(17)8-9/h1-8H. The van der Waals surface area contributed by atoms with Gasteiger partial charge in [0.2, 0.25) is 4.96 Å². The predicted molar refractivity (Wildman–Crippen MR) is 84.5 cm³/mol. The molecule has 0 radical (unpaired) electrons. The zero-order valence-corrected chi connectivity index (χ0v) is 12.6. The van der Waals surface area contributed by atoms with Gasteiger partial charge < -0.3 is 0 Å². The molecule has 0 spiro atoms. The fraction of sp³-hybridized carbons (Fsp3) is 0. The second kappa shape index (κ2) is 5.15. The van der Waals surface area contributed by atoms with Crippen molar-refractivity contribution in [3.05, 3.63) is 59.4 Å². The van der Waals surface area contributed by atoms with Gasteiger partial charge in [-0.3, -0.25) is 0 Å². The number of rotatable bonds is 2. The molecule has 0 fully saturated rings. The van der Waals surface area contributed by atoms with E-state index >= 15 is 0 Å². The van der Waals surface area contributed by atoms with E-state index in [-0.39, 0.29) is 5.82 Å². The van der Waals surface area contributed by atoms with Crippen molar-refractivity contribution in [3.63, 3.8) is 0 Å². The molecule has 2 aromatic carbocycles. The first-order chi connectivity index (χ1) is 10.7. The lowest BCUT2D eigenvalue weighted by Crippen LogP contribution is -1.91. The Morgan fingerprint density at radius 3 is 2.73 bits per heavy atom. The molecule has 0 saturated heterocycles. The minimum Gasteiger partial charge on any atom is -0.207 e. The molecule has 0 aliphatic carbocycles. The van der Waals surface area contributed by atoms with Gasteiger partial charge in [-0.05, 0) is 24.3 Å². The molecule has 0 aliphatic rings. The highest BCUT2D eigenvalue weighted by molar-refractivity contribution is 7.19. The van der Waals surface area contributed by atoms with Gasteiger partial charge in [0.05, 0.1) is 5.02 Å². The van der Waals surface area contributed by atoms with Gasteiger partial charge in [-0.1, -0.05) is 47.2 Å². The largest absolute Gasteiger partial charge is 0.235 e. The van der Waals surface area contributed by atoms with Crippen LogP contribution < -0.4 is 0 Å². The number of halogens is 2. The highest BCUT2D eigenvalue weighted by Crippen LogP contribution is 2.30. The van der Waals surface area contributed by atoms with Crippen LogP contribution in [-0.2, 0) is 0 Å². The molecule has 7 heteroatoms. The molecule has 0 aliphatic heterocycles. The fourth-order valence-electron chi connectivity index (χ4n) is 2.17. The number of nitrogens with zero attached hydrogens (tertiary/aromatic N) is 4. The molecule has 4 aromatic rings. The summed E-state index contributed by atoms with van der Waals surface area (Å²) in [7, 11) is 0. The van der Waals surface area contributed by atoms with E-state index in [4.69, 9.17) is 11.6 Å². The molecule has 4 rings (SSSR count). The lowest BCUT2D eigenvalue weighted by Gasteiger charge is -1.99. The summed E-state index contributed by atoms with van der Waals surface area (Å²) in [6, 6.07) is 13.7. The van der Waals surface area contributed by atoms with Crippen molar-refractivity contribution in [2.24, 2.45) is 0 Å². The Morgan fingerprint density at radius 2 is 1.91 bits per heavy atom. The van der Waals surface area contributed by atoms with Crippen molar-refractivity contribution in [2.75, 3.05) is 0 Å². The van der Waals surface area contributed by atoms with E-state index in [9.17, 15) is 4.39 Å². The van der Waals surface area contributed by atoms with Gasteiger partial charge in [0, 0.05) is 11.1 Å². The Bertz CT molecular complexity index is 979. The van der Waals surface area contributed by atoms with Crippen LogP contribution in [0.25, 0.3) is 26.9 Å². The molecular weight excluding hydrogens is 323 g/mol. The minimum absolute atomic E-state index is 0.296. The normalized spacial score (nSPS) is 11.2. The Kier molecular flexibility index (Phi) is 3.13. The Labute approximate surface area is 133 Å². The lowest BCUT2D eigenvalue weighted by molar-refractivity contribution is 0.628. The highest BCUT2D eigenvalue weighted by atomic mass is 35.5. The number of hydrogen-bond acceptors (Lipinski definition) is 4. The Hall–Kier alpha value is -2.31. The van der Waals surface area contributed by atoms with Crippen LogP contribution in [0, 0.1) is 5.82 Å². The first kappa shape index (κ1) is 13.4. The van der Waals surface area contributed by atoms with Gasteiger partial charge in [0.15, 0.2) is 5.82 Å². The van der Waals surface area contributed by atoms with Crippen LogP contribution in [-0.4, -0.2) is 19.8 Å². The van der Waals surface area contributed by atoms with Crippen molar-refractivity contribution >= 4 is 27.9 Å².